The van der Waals surface area contributed by atoms with E-state index in [2.05, 4.69) is 0 Å². The Labute approximate surface area is 85.4 Å². The van der Waals surface area contributed by atoms with E-state index in [1.165, 1.54) is 0 Å². The summed E-state index contributed by atoms with van der Waals surface area (Å²) in [4.78, 5) is 10.8. The summed E-state index contributed by atoms with van der Waals surface area (Å²) in [7, 11) is 7.51. The van der Waals surface area contributed by atoms with Crippen LogP contribution >= 0.6 is 0 Å². The van der Waals surface area contributed by atoms with Gasteiger partial charge in [-0.15, -0.1) is 0 Å². The Morgan fingerprint density at radius 3 is 1.21 bits per heavy atom. The quantitative estimate of drug-likeness (QED) is 0.570. The highest BCUT2D eigenvalue weighted by Crippen LogP contribution is 2.03. The molecular formula is C8H20N4O2. The highest BCUT2D eigenvalue weighted by molar-refractivity contribution is 4.59. The van der Waals surface area contributed by atoms with Crippen LogP contribution in [0.15, 0.2) is 0 Å². The summed E-state index contributed by atoms with van der Waals surface area (Å²) in [5, 5.41) is 7.25. The molecule has 6 nitrogen and oxygen atoms in total. The third kappa shape index (κ3) is 4.32. The van der Waals surface area contributed by atoms with E-state index >= 15 is 0 Å². The van der Waals surface area contributed by atoms with Gasteiger partial charge in [-0.25, -0.2) is 9.88 Å². The first-order chi connectivity index (χ1) is 6.58. The zero-order valence-electron chi connectivity index (χ0n) is 9.43. The van der Waals surface area contributed by atoms with Gasteiger partial charge in [-0.1, -0.05) is 0 Å². The molecule has 1 rings (SSSR count). The molecule has 1 heterocycles. The lowest BCUT2D eigenvalue weighted by Crippen LogP contribution is -2.49. The molecule has 6 heteroatoms. The smallest absolute Gasteiger partial charge is 0.0412 e. The number of hydroxylamine groups is 8. The van der Waals surface area contributed by atoms with E-state index in [1.54, 1.807) is 10.1 Å². The van der Waals surface area contributed by atoms with Crippen molar-refractivity contribution < 1.29 is 9.88 Å². The highest BCUT2D eigenvalue weighted by Gasteiger charge is 2.19. The third-order valence-corrected chi connectivity index (χ3v) is 1.76. The molecule has 0 aromatic heterocycles. The lowest BCUT2D eigenvalue weighted by atomic mass is 10.4. The van der Waals surface area contributed by atoms with Crippen molar-refractivity contribution in [3.05, 3.63) is 0 Å². The van der Waals surface area contributed by atoms with Crippen molar-refractivity contribution in [1.29, 1.82) is 0 Å². The second kappa shape index (κ2) is 5.59. The fourth-order valence-electron chi connectivity index (χ4n) is 1.29. The van der Waals surface area contributed by atoms with Crippen LogP contribution in [0.3, 0.4) is 0 Å². The predicted octanol–water partition coefficient (Wildman–Crippen LogP) is -0.580. The van der Waals surface area contributed by atoms with E-state index in [1.807, 2.05) is 38.3 Å². The molecular weight excluding hydrogens is 184 g/mol. The van der Waals surface area contributed by atoms with Crippen LogP contribution in [0.1, 0.15) is 0 Å². The number of rotatable bonds is 4. The maximum absolute atomic E-state index is 5.42. The Balaban J connectivity index is 2.17. The Hall–Kier alpha value is -0.240. The molecule has 0 bridgehead atoms. The molecule has 1 aliphatic heterocycles. The monoisotopic (exact) mass is 204 g/mol. The van der Waals surface area contributed by atoms with Gasteiger partial charge in [0.1, 0.15) is 0 Å². The van der Waals surface area contributed by atoms with E-state index in [9.17, 15) is 0 Å². The van der Waals surface area contributed by atoms with Crippen molar-refractivity contribution in [2.24, 2.45) is 0 Å². The second-order valence-electron chi connectivity index (χ2n) is 3.65. The number of hydrogen-bond donors (Lipinski definition) is 0. The SMILES string of the molecule is CN(C)ON1CCN(ON(C)C)CC1. The van der Waals surface area contributed by atoms with Crippen molar-refractivity contribution in [2.45, 2.75) is 0 Å². The predicted molar refractivity (Wildman–Crippen MR) is 52.7 cm³/mol. The first-order valence-corrected chi connectivity index (χ1v) is 4.78. The van der Waals surface area contributed by atoms with Crippen LogP contribution in [-0.4, -0.2) is 74.6 Å². The fraction of sp³-hybridized carbons (Fsp3) is 1.00. The second-order valence-corrected chi connectivity index (χ2v) is 3.65. The van der Waals surface area contributed by atoms with Gasteiger partial charge in [0.25, 0.3) is 0 Å². The van der Waals surface area contributed by atoms with Gasteiger partial charge in [0, 0.05) is 54.4 Å². The summed E-state index contributed by atoms with van der Waals surface area (Å²) in [6, 6.07) is 0. The minimum atomic E-state index is 0.853. The number of piperazine rings is 1. The van der Waals surface area contributed by atoms with E-state index in [0.29, 0.717) is 0 Å². The van der Waals surface area contributed by atoms with Crippen LogP contribution in [0.2, 0.25) is 0 Å². The summed E-state index contributed by atoms with van der Waals surface area (Å²) in [6.45, 7) is 3.41. The van der Waals surface area contributed by atoms with Crippen LogP contribution in [-0.2, 0) is 9.88 Å². The van der Waals surface area contributed by atoms with Crippen LogP contribution in [0, 0.1) is 0 Å². The van der Waals surface area contributed by atoms with Gasteiger partial charge in [-0.2, -0.15) is 20.3 Å². The first-order valence-electron chi connectivity index (χ1n) is 4.78. The maximum atomic E-state index is 5.42. The Bertz CT molecular complexity index is 139. The molecule has 0 radical (unpaired) electrons. The van der Waals surface area contributed by atoms with Gasteiger partial charge in [0.2, 0.25) is 0 Å². The van der Waals surface area contributed by atoms with Gasteiger partial charge in [0.05, 0.1) is 0 Å². The zero-order valence-corrected chi connectivity index (χ0v) is 9.43. The Kier molecular flexibility index (Phi) is 4.73. The molecule has 0 saturated carbocycles. The highest BCUT2D eigenvalue weighted by atomic mass is 16.8. The van der Waals surface area contributed by atoms with Crippen LogP contribution in [0.5, 0.6) is 0 Å². The van der Waals surface area contributed by atoms with Gasteiger partial charge in [-0.3, -0.25) is 0 Å². The van der Waals surface area contributed by atoms with Crippen molar-refractivity contribution >= 4 is 0 Å². The zero-order chi connectivity index (χ0) is 10.6. The molecule has 0 N–H and O–H groups in total. The third-order valence-electron chi connectivity index (χ3n) is 1.76. The van der Waals surface area contributed by atoms with Crippen molar-refractivity contribution in [3.63, 3.8) is 0 Å². The average Bonchev–Trinajstić information content (AvgIpc) is 2.06. The molecule has 0 amide bonds. The van der Waals surface area contributed by atoms with Gasteiger partial charge >= 0.3 is 0 Å². The summed E-state index contributed by atoms with van der Waals surface area (Å²) in [5.74, 6) is 0. The minimum Gasteiger partial charge on any atom is -0.209 e. The molecule has 0 aliphatic carbocycles. The number of nitrogens with zero attached hydrogens (tertiary/aromatic N) is 4. The lowest BCUT2D eigenvalue weighted by Gasteiger charge is -2.34. The van der Waals surface area contributed by atoms with E-state index in [0.717, 1.165) is 26.2 Å². The molecule has 1 saturated heterocycles. The lowest BCUT2D eigenvalue weighted by molar-refractivity contribution is -0.357. The molecule has 0 aromatic rings. The van der Waals surface area contributed by atoms with Crippen molar-refractivity contribution in [1.82, 2.24) is 20.3 Å². The van der Waals surface area contributed by atoms with Gasteiger partial charge in [-0.05, 0) is 0 Å². The molecule has 0 aromatic carbocycles. The molecule has 1 fully saturated rings. The van der Waals surface area contributed by atoms with Crippen molar-refractivity contribution in [3.8, 4) is 0 Å². The van der Waals surface area contributed by atoms with E-state index in [4.69, 9.17) is 9.88 Å². The van der Waals surface area contributed by atoms with E-state index < -0.39 is 0 Å². The van der Waals surface area contributed by atoms with Crippen LogP contribution in [0.25, 0.3) is 0 Å². The average molecular weight is 204 g/mol. The van der Waals surface area contributed by atoms with E-state index in [-0.39, 0.29) is 0 Å². The fourth-order valence-corrected chi connectivity index (χ4v) is 1.29. The van der Waals surface area contributed by atoms with Gasteiger partial charge < -0.3 is 0 Å². The molecule has 0 unspecified atom stereocenters. The summed E-state index contributed by atoms with van der Waals surface area (Å²) >= 11 is 0. The van der Waals surface area contributed by atoms with Crippen molar-refractivity contribution in [2.75, 3.05) is 54.4 Å². The molecule has 14 heavy (non-hydrogen) atoms. The topological polar surface area (TPSA) is 31.4 Å². The normalized spacial score (nSPS) is 21.0. The van der Waals surface area contributed by atoms with Crippen LogP contribution in [0.4, 0.5) is 0 Å². The minimum absolute atomic E-state index is 0.853. The van der Waals surface area contributed by atoms with Crippen LogP contribution < -0.4 is 0 Å². The Morgan fingerprint density at radius 1 is 0.714 bits per heavy atom. The molecule has 84 valence electrons. The standard InChI is InChI=1S/C8H20N4O2/c1-9(2)13-11-5-7-12(8-6-11)14-10(3)4/h5-8H2,1-4H3. The maximum Gasteiger partial charge on any atom is 0.0412 e. The largest absolute Gasteiger partial charge is 0.209 e. The first kappa shape index (κ1) is 11.8. The molecule has 0 atom stereocenters. The summed E-state index contributed by atoms with van der Waals surface area (Å²) < 4.78 is 0. The summed E-state index contributed by atoms with van der Waals surface area (Å²) in [5.41, 5.74) is 0. The number of hydrogen-bond acceptors (Lipinski definition) is 6. The molecule has 0 spiro atoms. The summed E-state index contributed by atoms with van der Waals surface area (Å²) in [6.07, 6.45) is 0. The van der Waals surface area contributed by atoms with Gasteiger partial charge in [0.15, 0.2) is 0 Å². The molecule has 1 aliphatic rings. The Morgan fingerprint density at radius 2 is 1.00 bits per heavy atom.